The van der Waals surface area contributed by atoms with Crippen LogP contribution in [0.1, 0.15) is 12.8 Å². The molecule has 1 aliphatic rings. The van der Waals surface area contributed by atoms with Crippen LogP contribution in [-0.2, 0) is 0 Å². The van der Waals surface area contributed by atoms with Crippen molar-refractivity contribution in [2.24, 2.45) is 0 Å². The Labute approximate surface area is 80.3 Å². The summed E-state index contributed by atoms with van der Waals surface area (Å²) in [6.07, 6.45) is 2.49. The van der Waals surface area contributed by atoms with Gasteiger partial charge in [0.25, 0.3) is 5.69 Å². The van der Waals surface area contributed by atoms with E-state index in [4.69, 9.17) is 0 Å². The normalized spacial score (nSPS) is 15.7. The first kappa shape index (κ1) is 8.56. The fourth-order valence-corrected chi connectivity index (χ4v) is 2.15. The number of non-ortho nitro benzene ring substituents is 1. The summed E-state index contributed by atoms with van der Waals surface area (Å²) in [4.78, 5) is 11.1. The molecule has 2 rings (SSSR count). The molecule has 0 heterocycles. The molecular weight excluding hydrogens is 186 g/mol. The van der Waals surface area contributed by atoms with Crippen LogP contribution in [0.3, 0.4) is 0 Å². The maximum absolute atomic E-state index is 10.5. The van der Waals surface area contributed by atoms with E-state index in [1.165, 1.54) is 18.9 Å². The Bertz CT molecular complexity index is 336. The minimum Gasteiger partial charge on any atom is -0.258 e. The highest BCUT2D eigenvalue weighted by Gasteiger charge is 2.22. The van der Waals surface area contributed by atoms with Crippen molar-refractivity contribution in [1.29, 1.82) is 0 Å². The number of benzene rings is 1. The lowest BCUT2D eigenvalue weighted by Crippen LogP contribution is -1.87. The molecule has 13 heavy (non-hydrogen) atoms. The predicted octanol–water partition coefficient (Wildman–Crippen LogP) is 2.85. The number of nitrogens with zero attached hydrogens (tertiary/aromatic N) is 1. The summed E-state index contributed by atoms with van der Waals surface area (Å²) in [6.45, 7) is 0. The maximum Gasteiger partial charge on any atom is 0.270 e. The number of rotatable bonds is 3. The molecule has 1 aromatic carbocycles. The fourth-order valence-electron chi connectivity index (χ4n) is 1.05. The van der Waals surface area contributed by atoms with E-state index in [9.17, 15) is 10.1 Å². The molecule has 3 nitrogen and oxygen atoms in total. The zero-order valence-corrected chi connectivity index (χ0v) is 7.79. The van der Waals surface area contributed by atoms with E-state index in [1.807, 2.05) is 6.07 Å². The lowest BCUT2D eigenvalue weighted by Gasteiger charge is -1.97. The third-order valence-corrected chi connectivity index (χ3v) is 3.19. The largest absolute Gasteiger partial charge is 0.270 e. The Balaban J connectivity index is 2.15. The molecule has 0 spiro atoms. The van der Waals surface area contributed by atoms with Gasteiger partial charge in [-0.05, 0) is 18.9 Å². The molecule has 0 saturated heterocycles. The van der Waals surface area contributed by atoms with Crippen molar-refractivity contribution in [2.45, 2.75) is 23.0 Å². The Morgan fingerprint density at radius 1 is 1.46 bits per heavy atom. The molecule has 0 aromatic heterocycles. The van der Waals surface area contributed by atoms with E-state index in [2.05, 4.69) is 0 Å². The van der Waals surface area contributed by atoms with E-state index in [1.54, 1.807) is 23.9 Å². The predicted molar refractivity (Wildman–Crippen MR) is 52.0 cm³/mol. The standard InChI is InChI=1S/C9H9NO2S/c11-10(12)7-2-1-3-9(6-7)13-8-4-5-8/h1-3,6,8H,4-5H2. The molecule has 1 aliphatic carbocycles. The van der Waals surface area contributed by atoms with Gasteiger partial charge in [0.15, 0.2) is 0 Å². The Hall–Kier alpha value is -1.03. The summed E-state index contributed by atoms with van der Waals surface area (Å²) in [5.41, 5.74) is 0.186. The summed E-state index contributed by atoms with van der Waals surface area (Å²) >= 11 is 1.74. The van der Waals surface area contributed by atoms with Crippen LogP contribution in [0, 0.1) is 10.1 Å². The summed E-state index contributed by atoms with van der Waals surface area (Å²) < 4.78 is 0. The van der Waals surface area contributed by atoms with Gasteiger partial charge in [0.05, 0.1) is 4.92 Å². The zero-order chi connectivity index (χ0) is 9.26. The molecule has 0 radical (unpaired) electrons. The summed E-state index contributed by atoms with van der Waals surface area (Å²) in [6, 6.07) is 6.83. The average Bonchev–Trinajstić information content (AvgIpc) is 2.89. The van der Waals surface area contributed by atoms with Crippen LogP contribution < -0.4 is 0 Å². The van der Waals surface area contributed by atoms with E-state index < -0.39 is 0 Å². The van der Waals surface area contributed by atoms with Crippen LogP contribution in [0.15, 0.2) is 29.2 Å². The minimum absolute atomic E-state index is 0.186. The van der Waals surface area contributed by atoms with E-state index >= 15 is 0 Å². The van der Waals surface area contributed by atoms with Crippen LogP contribution in [0.25, 0.3) is 0 Å². The van der Waals surface area contributed by atoms with Gasteiger partial charge >= 0.3 is 0 Å². The van der Waals surface area contributed by atoms with Crippen molar-refractivity contribution in [1.82, 2.24) is 0 Å². The Kier molecular flexibility index (Phi) is 2.22. The molecule has 0 amide bonds. The molecule has 0 aliphatic heterocycles. The van der Waals surface area contributed by atoms with Crippen molar-refractivity contribution < 1.29 is 4.92 Å². The van der Waals surface area contributed by atoms with Gasteiger partial charge in [0, 0.05) is 22.3 Å². The van der Waals surface area contributed by atoms with Gasteiger partial charge in [-0.25, -0.2) is 0 Å². The van der Waals surface area contributed by atoms with E-state index in [0.717, 1.165) is 4.90 Å². The number of nitro groups is 1. The van der Waals surface area contributed by atoms with Crippen LogP contribution in [-0.4, -0.2) is 10.2 Å². The van der Waals surface area contributed by atoms with Crippen molar-refractivity contribution in [2.75, 3.05) is 0 Å². The smallest absolute Gasteiger partial charge is 0.258 e. The maximum atomic E-state index is 10.5. The van der Waals surface area contributed by atoms with Crippen LogP contribution in [0.4, 0.5) is 5.69 Å². The fraction of sp³-hybridized carbons (Fsp3) is 0.333. The first-order chi connectivity index (χ1) is 6.25. The van der Waals surface area contributed by atoms with Gasteiger partial charge in [-0.15, -0.1) is 11.8 Å². The van der Waals surface area contributed by atoms with Gasteiger partial charge in [-0.2, -0.15) is 0 Å². The summed E-state index contributed by atoms with van der Waals surface area (Å²) in [5, 5.41) is 11.1. The number of thioether (sulfide) groups is 1. The first-order valence-corrected chi connectivity index (χ1v) is 5.05. The Morgan fingerprint density at radius 2 is 2.23 bits per heavy atom. The zero-order valence-electron chi connectivity index (χ0n) is 6.97. The first-order valence-electron chi connectivity index (χ1n) is 4.17. The molecule has 1 fully saturated rings. The van der Waals surface area contributed by atoms with Crippen molar-refractivity contribution in [3.8, 4) is 0 Å². The average molecular weight is 195 g/mol. The number of hydrogen-bond donors (Lipinski definition) is 0. The van der Waals surface area contributed by atoms with Crippen LogP contribution in [0.2, 0.25) is 0 Å². The van der Waals surface area contributed by atoms with Crippen molar-refractivity contribution >= 4 is 17.4 Å². The lowest BCUT2D eigenvalue weighted by molar-refractivity contribution is -0.385. The minimum atomic E-state index is -0.350. The highest BCUT2D eigenvalue weighted by molar-refractivity contribution is 8.00. The third-order valence-electron chi connectivity index (χ3n) is 1.86. The van der Waals surface area contributed by atoms with Crippen LogP contribution >= 0.6 is 11.8 Å². The van der Waals surface area contributed by atoms with Crippen LogP contribution in [0.5, 0.6) is 0 Å². The van der Waals surface area contributed by atoms with Gasteiger partial charge in [0.2, 0.25) is 0 Å². The summed E-state index contributed by atoms with van der Waals surface area (Å²) in [5.74, 6) is 0. The monoisotopic (exact) mass is 195 g/mol. The second-order valence-corrected chi connectivity index (χ2v) is 4.45. The Morgan fingerprint density at radius 3 is 2.85 bits per heavy atom. The molecular formula is C9H9NO2S. The van der Waals surface area contributed by atoms with Gasteiger partial charge < -0.3 is 0 Å². The van der Waals surface area contributed by atoms with E-state index in [0.29, 0.717) is 5.25 Å². The quantitative estimate of drug-likeness (QED) is 0.550. The van der Waals surface area contributed by atoms with Gasteiger partial charge in [-0.3, -0.25) is 10.1 Å². The molecule has 1 saturated carbocycles. The van der Waals surface area contributed by atoms with Gasteiger partial charge in [-0.1, -0.05) is 6.07 Å². The third kappa shape index (κ3) is 2.21. The lowest BCUT2D eigenvalue weighted by atomic mass is 10.3. The second kappa shape index (κ2) is 3.38. The van der Waals surface area contributed by atoms with Crippen molar-refractivity contribution in [3.05, 3.63) is 34.4 Å². The second-order valence-electron chi connectivity index (χ2n) is 3.07. The molecule has 0 unspecified atom stereocenters. The molecule has 0 atom stereocenters. The van der Waals surface area contributed by atoms with E-state index in [-0.39, 0.29) is 10.6 Å². The highest BCUT2D eigenvalue weighted by atomic mass is 32.2. The number of hydrogen-bond acceptors (Lipinski definition) is 3. The molecule has 0 N–H and O–H groups in total. The topological polar surface area (TPSA) is 43.1 Å². The van der Waals surface area contributed by atoms with Crippen molar-refractivity contribution in [3.63, 3.8) is 0 Å². The SMILES string of the molecule is O=[N+]([O-])c1cccc(SC2CC2)c1. The van der Waals surface area contributed by atoms with Gasteiger partial charge in [0.1, 0.15) is 0 Å². The molecule has 0 bridgehead atoms. The molecule has 1 aromatic rings. The summed E-state index contributed by atoms with van der Waals surface area (Å²) in [7, 11) is 0. The highest BCUT2D eigenvalue weighted by Crippen LogP contribution is 2.39. The number of nitro benzene ring substituents is 1. The molecule has 68 valence electrons. The molecule has 4 heteroatoms.